The van der Waals surface area contributed by atoms with E-state index in [2.05, 4.69) is 0 Å². The van der Waals surface area contributed by atoms with Gasteiger partial charge in [0.2, 0.25) is 0 Å². The third-order valence-corrected chi connectivity index (χ3v) is 1.84. The molecule has 0 atom stereocenters. The highest BCUT2D eigenvalue weighted by Crippen LogP contribution is 2.16. The molecule has 1 N–H and O–H groups in total. The minimum atomic E-state index is -0.702. The van der Waals surface area contributed by atoms with E-state index in [-0.39, 0.29) is 0 Å². The lowest BCUT2D eigenvalue weighted by molar-refractivity contribution is 0.0992. The van der Waals surface area contributed by atoms with Gasteiger partial charge in [-0.1, -0.05) is 17.7 Å². The normalized spacial score (nSPS) is 9.64. The number of carbonyl (C=O) groups is 1. The molecule has 1 radical (unpaired) electrons. The van der Waals surface area contributed by atoms with Crippen LogP contribution in [0.15, 0.2) is 18.2 Å². The molecule has 1 rings (SSSR count). The van der Waals surface area contributed by atoms with Crippen molar-refractivity contribution >= 4 is 17.5 Å². The van der Waals surface area contributed by atoms with Crippen LogP contribution in [-0.4, -0.2) is 5.91 Å². The summed E-state index contributed by atoms with van der Waals surface area (Å²) in [5, 5.41) is 0.531. The van der Waals surface area contributed by atoms with Gasteiger partial charge < -0.3 is 0 Å². The van der Waals surface area contributed by atoms with Crippen LogP contribution in [0.4, 0.5) is 0 Å². The molecule has 57 valence electrons. The first kappa shape index (κ1) is 8.08. The molecule has 3 heteroatoms. The summed E-state index contributed by atoms with van der Waals surface area (Å²) >= 11 is 5.72. The van der Waals surface area contributed by atoms with E-state index in [9.17, 15) is 4.79 Å². The van der Waals surface area contributed by atoms with Crippen LogP contribution in [0.25, 0.3) is 0 Å². The number of nitrogens with one attached hydrogen (secondary N) is 1. The van der Waals surface area contributed by atoms with E-state index in [1.54, 1.807) is 12.1 Å². The van der Waals surface area contributed by atoms with Gasteiger partial charge in [0.1, 0.15) is 0 Å². The number of benzene rings is 1. The molecule has 0 aliphatic heterocycles. The Balaban J connectivity index is 3.15. The summed E-state index contributed by atoms with van der Waals surface area (Å²) in [6, 6.07) is 4.83. The van der Waals surface area contributed by atoms with Gasteiger partial charge >= 0.3 is 0 Å². The van der Waals surface area contributed by atoms with Gasteiger partial charge in [-0.2, -0.15) is 0 Å². The second-order valence-electron chi connectivity index (χ2n) is 2.29. The van der Waals surface area contributed by atoms with Gasteiger partial charge in [0.15, 0.2) is 0 Å². The summed E-state index contributed by atoms with van der Waals surface area (Å²) in [6.45, 7) is 1.85. The largest absolute Gasteiger partial charge is 0.269 e. The Hall–Kier alpha value is -1.02. The molecule has 0 unspecified atom stereocenters. The first-order valence-corrected chi connectivity index (χ1v) is 3.51. The molecule has 0 aromatic heterocycles. The lowest BCUT2D eigenvalue weighted by Crippen LogP contribution is -1.98. The predicted octanol–water partition coefficient (Wildman–Crippen LogP) is 2.07. The van der Waals surface area contributed by atoms with Crippen LogP contribution < -0.4 is 5.73 Å². The van der Waals surface area contributed by atoms with E-state index < -0.39 is 5.91 Å². The Bertz CT molecular complexity index is 296. The van der Waals surface area contributed by atoms with Gasteiger partial charge in [-0.05, 0) is 24.6 Å². The third-order valence-electron chi connectivity index (χ3n) is 1.43. The van der Waals surface area contributed by atoms with Crippen LogP contribution in [0.1, 0.15) is 15.9 Å². The van der Waals surface area contributed by atoms with Gasteiger partial charge in [-0.25, -0.2) is 0 Å². The van der Waals surface area contributed by atoms with E-state index in [4.69, 9.17) is 17.3 Å². The molecular formula is C8H7ClNO. The lowest BCUT2D eigenvalue weighted by Gasteiger charge is -1.97. The van der Waals surface area contributed by atoms with E-state index in [1.165, 1.54) is 6.07 Å². The summed E-state index contributed by atoms with van der Waals surface area (Å²) in [5.74, 6) is -0.702. The Kier molecular flexibility index (Phi) is 2.15. The molecule has 1 amide bonds. The van der Waals surface area contributed by atoms with E-state index in [0.717, 1.165) is 5.56 Å². The zero-order chi connectivity index (χ0) is 8.43. The average molecular weight is 169 g/mol. The van der Waals surface area contributed by atoms with Crippen LogP contribution in [0.5, 0.6) is 0 Å². The molecule has 11 heavy (non-hydrogen) atoms. The number of carbonyl (C=O) groups excluding carboxylic acids is 1. The summed E-state index contributed by atoms with van der Waals surface area (Å²) < 4.78 is 0. The van der Waals surface area contributed by atoms with Crippen LogP contribution in [0, 0.1) is 6.92 Å². The molecule has 0 saturated heterocycles. The molecule has 0 aliphatic carbocycles. The van der Waals surface area contributed by atoms with Crippen molar-refractivity contribution in [3.05, 3.63) is 34.3 Å². The van der Waals surface area contributed by atoms with Crippen molar-refractivity contribution in [1.29, 1.82) is 0 Å². The number of halogens is 1. The molecule has 0 aliphatic rings. The van der Waals surface area contributed by atoms with Crippen LogP contribution in [-0.2, 0) is 0 Å². The maximum atomic E-state index is 10.5. The standard InChI is InChI=1S/C8H7ClNO/c1-5-2-3-6(8(10)11)4-7(5)9/h2-4,10H,1H3. The second kappa shape index (κ2) is 2.93. The van der Waals surface area contributed by atoms with Gasteiger partial charge in [0.25, 0.3) is 5.91 Å². The summed E-state index contributed by atoms with van der Waals surface area (Å²) in [4.78, 5) is 10.5. The maximum absolute atomic E-state index is 10.5. The molecule has 1 aromatic carbocycles. The van der Waals surface area contributed by atoms with Crippen molar-refractivity contribution in [2.24, 2.45) is 0 Å². The molecule has 0 bridgehead atoms. The topological polar surface area (TPSA) is 40.9 Å². The molecule has 2 nitrogen and oxygen atoms in total. The number of aryl methyl sites for hydroxylation is 1. The molecule has 0 fully saturated rings. The number of amides is 1. The Morgan fingerprint density at radius 2 is 2.18 bits per heavy atom. The quantitative estimate of drug-likeness (QED) is 0.633. The molecule has 0 spiro atoms. The van der Waals surface area contributed by atoms with Crippen molar-refractivity contribution in [3.63, 3.8) is 0 Å². The van der Waals surface area contributed by atoms with E-state index in [1.807, 2.05) is 6.92 Å². The fraction of sp³-hybridized carbons (Fsp3) is 0.125. The Morgan fingerprint density at radius 1 is 1.55 bits per heavy atom. The van der Waals surface area contributed by atoms with Crippen LogP contribution in [0.3, 0.4) is 0 Å². The average Bonchev–Trinajstić information content (AvgIpc) is 1.94. The zero-order valence-corrected chi connectivity index (χ0v) is 6.77. The van der Waals surface area contributed by atoms with Crippen molar-refractivity contribution in [1.82, 2.24) is 5.73 Å². The molecule has 0 saturated carbocycles. The monoisotopic (exact) mass is 168 g/mol. The van der Waals surface area contributed by atoms with Crippen LogP contribution >= 0.6 is 11.6 Å². The molecule has 1 aromatic rings. The van der Waals surface area contributed by atoms with Gasteiger partial charge in [-0.15, -0.1) is 0 Å². The highest BCUT2D eigenvalue weighted by atomic mass is 35.5. The number of rotatable bonds is 1. The zero-order valence-electron chi connectivity index (χ0n) is 6.02. The minimum absolute atomic E-state index is 0.334. The SMILES string of the molecule is Cc1ccc(C([NH])=O)cc1Cl. The van der Waals surface area contributed by atoms with Crippen molar-refractivity contribution in [3.8, 4) is 0 Å². The first-order valence-electron chi connectivity index (χ1n) is 3.13. The van der Waals surface area contributed by atoms with Crippen molar-refractivity contribution < 1.29 is 4.79 Å². The number of hydrogen-bond acceptors (Lipinski definition) is 1. The van der Waals surface area contributed by atoms with Crippen molar-refractivity contribution in [2.45, 2.75) is 6.92 Å². The van der Waals surface area contributed by atoms with Crippen molar-refractivity contribution in [2.75, 3.05) is 0 Å². The van der Waals surface area contributed by atoms with Gasteiger partial charge in [-0.3, -0.25) is 10.5 Å². The first-order chi connectivity index (χ1) is 5.11. The highest BCUT2D eigenvalue weighted by Gasteiger charge is 2.02. The smallest absolute Gasteiger partial charge is 0.267 e. The van der Waals surface area contributed by atoms with Crippen LogP contribution in [0.2, 0.25) is 5.02 Å². The minimum Gasteiger partial charge on any atom is -0.267 e. The molecular weight excluding hydrogens is 162 g/mol. The second-order valence-corrected chi connectivity index (χ2v) is 2.70. The highest BCUT2D eigenvalue weighted by molar-refractivity contribution is 6.31. The summed E-state index contributed by atoms with van der Waals surface area (Å²) in [7, 11) is 0. The fourth-order valence-corrected chi connectivity index (χ4v) is 0.915. The third kappa shape index (κ3) is 1.71. The molecule has 0 heterocycles. The Labute approximate surface area is 70.0 Å². The van der Waals surface area contributed by atoms with E-state index in [0.29, 0.717) is 10.6 Å². The summed E-state index contributed by atoms with van der Waals surface area (Å²) in [6.07, 6.45) is 0. The van der Waals surface area contributed by atoms with Gasteiger partial charge in [0, 0.05) is 10.6 Å². The lowest BCUT2D eigenvalue weighted by atomic mass is 10.1. The Morgan fingerprint density at radius 3 is 2.64 bits per heavy atom. The van der Waals surface area contributed by atoms with E-state index >= 15 is 0 Å². The maximum Gasteiger partial charge on any atom is 0.269 e. The predicted molar refractivity (Wildman–Crippen MR) is 43.6 cm³/mol. The summed E-state index contributed by atoms with van der Waals surface area (Å²) in [5.41, 5.74) is 8.04. The fourth-order valence-electron chi connectivity index (χ4n) is 0.734. The van der Waals surface area contributed by atoms with Gasteiger partial charge in [0.05, 0.1) is 0 Å². The number of hydrogen-bond donors (Lipinski definition) is 0.